The van der Waals surface area contributed by atoms with Gasteiger partial charge in [-0.2, -0.15) is 0 Å². The van der Waals surface area contributed by atoms with Crippen molar-refractivity contribution < 1.29 is 9.90 Å². The number of carboxylic acids is 1. The highest BCUT2D eigenvalue weighted by Crippen LogP contribution is 2.09. The van der Waals surface area contributed by atoms with Gasteiger partial charge in [0.1, 0.15) is 0 Å². The SMILES string of the molecule is Cc1ncn(CCc2ccccc2)c1CC(=O)O. The number of aromatic nitrogens is 2. The van der Waals surface area contributed by atoms with Crippen molar-refractivity contribution in [1.29, 1.82) is 0 Å². The van der Waals surface area contributed by atoms with E-state index in [1.807, 2.05) is 29.7 Å². The largest absolute Gasteiger partial charge is 0.481 e. The van der Waals surface area contributed by atoms with Crippen LogP contribution < -0.4 is 0 Å². The van der Waals surface area contributed by atoms with Gasteiger partial charge in [0.25, 0.3) is 0 Å². The minimum atomic E-state index is -0.820. The molecule has 0 fully saturated rings. The highest BCUT2D eigenvalue weighted by molar-refractivity contribution is 5.69. The van der Waals surface area contributed by atoms with E-state index in [-0.39, 0.29) is 6.42 Å². The molecule has 2 aromatic rings. The van der Waals surface area contributed by atoms with Crippen LogP contribution in [0.1, 0.15) is 17.0 Å². The maximum Gasteiger partial charge on any atom is 0.309 e. The molecule has 2 rings (SSSR count). The highest BCUT2D eigenvalue weighted by atomic mass is 16.4. The average molecular weight is 244 g/mol. The van der Waals surface area contributed by atoms with Gasteiger partial charge in [0.2, 0.25) is 0 Å². The molecular formula is C14H16N2O2. The number of aryl methyl sites for hydroxylation is 3. The van der Waals surface area contributed by atoms with E-state index in [4.69, 9.17) is 5.11 Å². The first-order chi connectivity index (χ1) is 8.66. The van der Waals surface area contributed by atoms with Gasteiger partial charge in [-0.1, -0.05) is 30.3 Å². The lowest BCUT2D eigenvalue weighted by molar-refractivity contribution is -0.136. The monoisotopic (exact) mass is 244 g/mol. The van der Waals surface area contributed by atoms with Crippen LogP contribution in [0, 0.1) is 6.92 Å². The second-order valence-electron chi connectivity index (χ2n) is 4.28. The summed E-state index contributed by atoms with van der Waals surface area (Å²) >= 11 is 0. The Balaban J connectivity index is 2.08. The van der Waals surface area contributed by atoms with Crippen molar-refractivity contribution in [3.05, 3.63) is 53.6 Å². The normalized spacial score (nSPS) is 10.5. The molecule has 18 heavy (non-hydrogen) atoms. The van der Waals surface area contributed by atoms with E-state index in [1.165, 1.54) is 5.56 Å². The van der Waals surface area contributed by atoms with Crippen LogP contribution in [0.3, 0.4) is 0 Å². The van der Waals surface area contributed by atoms with Crippen molar-refractivity contribution in [3.63, 3.8) is 0 Å². The average Bonchev–Trinajstić information content (AvgIpc) is 2.69. The molecule has 0 saturated heterocycles. The van der Waals surface area contributed by atoms with Gasteiger partial charge < -0.3 is 9.67 Å². The molecule has 1 heterocycles. The Morgan fingerprint density at radius 1 is 1.33 bits per heavy atom. The van der Waals surface area contributed by atoms with Gasteiger partial charge in [0.15, 0.2) is 0 Å². The molecule has 1 aromatic heterocycles. The first kappa shape index (κ1) is 12.4. The lowest BCUT2D eigenvalue weighted by atomic mass is 10.1. The van der Waals surface area contributed by atoms with Gasteiger partial charge in [0, 0.05) is 6.54 Å². The van der Waals surface area contributed by atoms with E-state index in [2.05, 4.69) is 17.1 Å². The predicted octanol–water partition coefficient (Wildman–Crippen LogP) is 2.06. The zero-order chi connectivity index (χ0) is 13.0. The Labute approximate surface area is 106 Å². The molecule has 94 valence electrons. The maximum atomic E-state index is 10.8. The summed E-state index contributed by atoms with van der Waals surface area (Å²) in [5.41, 5.74) is 2.83. The minimum absolute atomic E-state index is 0.0284. The lowest BCUT2D eigenvalue weighted by Gasteiger charge is -2.07. The van der Waals surface area contributed by atoms with E-state index >= 15 is 0 Å². The minimum Gasteiger partial charge on any atom is -0.481 e. The summed E-state index contributed by atoms with van der Waals surface area (Å²) in [5.74, 6) is -0.820. The Bertz CT molecular complexity index is 532. The van der Waals surface area contributed by atoms with Crippen molar-refractivity contribution in [2.24, 2.45) is 0 Å². The van der Waals surface area contributed by atoms with Crippen LogP contribution in [0.25, 0.3) is 0 Å². The number of hydrogen-bond acceptors (Lipinski definition) is 2. The number of rotatable bonds is 5. The van der Waals surface area contributed by atoms with Crippen molar-refractivity contribution in [3.8, 4) is 0 Å². The third kappa shape index (κ3) is 2.97. The number of benzene rings is 1. The summed E-state index contributed by atoms with van der Waals surface area (Å²) in [6.45, 7) is 2.60. The van der Waals surface area contributed by atoms with E-state index < -0.39 is 5.97 Å². The molecule has 0 aliphatic heterocycles. The summed E-state index contributed by atoms with van der Waals surface area (Å²) in [4.78, 5) is 15.0. The number of imidazole rings is 1. The number of hydrogen-bond donors (Lipinski definition) is 1. The first-order valence-corrected chi connectivity index (χ1v) is 5.93. The Morgan fingerprint density at radius 3 is 2.72 bits per heavy atom. The smallest absolute Gasteiger partial charge is 0.309 e. The Hall–Kier alpha value is -2.10. The van der Waals surface area contributed by atoms with E-state index in [9.17, 15) is 4.79 Å². The molecule has 0 atom stereocenters. The topological polar surface area (TPSA) is 55.1 Å². The first-order valence-electron chi connectivity index (χ1n) is 5.93. The van der Waals surface area contributed by atoms with E-state index in [0.29, 0.717) is 0 Å². The highest BCUT2D eigenvalue weighted by Gasteiger charge is 2.10. The number of carbonyl (C=O) groups is 1. The fourth-order valence-electron chi connectivity index (χ4n) is 1.97. The van der Waals surface area contributed by atoms with Crippen molar-refractivity contribution in [2.45, 2.75) is 26.3 Å². The molecule has 0 amide bonds. The van der Waals surface area contributed by atoms with Crippen LogP contribution in [0.5, 0.6) is 0 Å². The standard InChI is InChI=1S/C14H16N2O2/c1-11-13(9-14(17)18)16(10-15-11)8-7-12-5-3-2-4-6-12/h2-6,10H,7-9H2,1H3,(H,17,18). The van der Waals surface area contributed by atoms with Gasteiger partial charge >= 0.3 is 5.97 Å². The molecule has 0 unspecified atom stereocenters. The van der Waals surface area contributed by atoms with Crippen LogP contribution in [-0.2, 0) is 24.2 Å². The fraction of sp³-hybridized carbons (Fsp3) is 0.286. The van der Waals surface area contributed by atoms with Crippen LogP contribution in [0.15, 0.2) is 36.7 Å². The predicted molar refractivity (Wildman–Crippen MR) is 68.4 cm³/mol. The molecule has 1 N–H and O–H groups in total. The van der Waals surface area contributed by atoms with Crippen molar-refractivity contribution >= 4 is 5.97 Å². The Kier molecular flexibility index (Phi) is 3.77. The van der Waals surface area contributed by atoms with Gasteiger partial charge in [-0.25, -0.2) is 4.98 Å². The second kappa shape index (κ2) is 5.49. The quantitative estimate of drug-likeness (QED) is 0.875. The molecular weight excluding hydrogens is 228 g/mol. The second-order valence-corrected chi connectivity index (χ2v) is 4.28. The lowest BCUT2D eigenvalue weighted by Crippen LogP contribution is -2.10. The number of aliphatic carboxylic acids is 1. The molecule has 4 heteroatoms. The maximum absolute atomic E-state index is 10.8. The molecule has 0 aliphatic rings. The molecule has 0 bridgehead atoms. The molecule has 1 aromatic carbocycles. The van der Waals surface area contributed by atoms with Gasteiger partial charge in [0.05, 0.1) is 24.1 Å². The van der Waals surface area contributed by atoms with Crippen molar-refractivity contribution in [1.82, 2.24) is 9.55 Å². The summed E-state index contributed by atoms with van der Waals surface area (Å²) in [5, 5.41) is 8.88. The number of nitrogens with zero attached hydrogens (tertiary/aromatic N) is 2. The van der Waals surface area contributed by atoms with Crippen molar-refractivity contribution in [2.75, 3.05) is 0 Å². The molecule has 0 radical (unpaired) electrons. The van der Waals surface area contributed by atoms with Crippen LogP contribution in [-0.4, -0.2) is 20.6 Å². The molecule has 0 spiro atoms. The van der Waals surface area contributed by atoms with Crippen LogP contribution in [0.2, 0.25) is 0 Å². The molecule has 0 saturated carbocycles. The van der Waals surface area contributed by atoms with Gasteiger partial charge in [-0.05, 0) is 18.9 Å². The van der Waals surface area contributed by atoms with Gasteiger partial charge in [-0.15, -0.1) is 0 Å². The summed E-state index contributed by atoms with van der Waals surface area (Å²) in [6.07, 6.45) is 2.63. The zero-order valence-electron chi connectivity index (χ0n) is 10.3. The van der Waals surface area contributed by atoms with Gasteiger partial charge in [-0.3, -0.25) is 4.79 Å². The molecule has 4 nitrogen and oxygen atoms in total. The fourth-order valence-corrected chi connectivity index (χ4v) is 1.97. The van der Waals surface area contributed by atoms with Crippen LogP contribution in [0.4, 0.5) is 0 Å². The van der Waals surface area contributed by atoms with E-state index in [1.54, 1.807) is 6.33 Å². The summed E-state index contributed by atoms with van der Waals surface area (Å²) in [7, 11) is 0. The Morgan fingerprint density at radius 2 is 2.06 bits per heavy atom. The number of carboxylic acid groups (broad SMARTS) is 1. The third-order valence-corrected chi connectivity index (χ3v) is 2.96. The summed E-state index contributed by atoms with van der Waals surface area (Å²) in [6, 6.07) is 10.1. The third-order valence-electron chi connectivity index (χ3n) is 2.96. The summed E-state index contributed by atoms with van der Waals surface area (Å²) < 4.78 is 1.93. The van der Waals surface area contributed by atoms with E-state index in [0.717, 1.165) is 24.4 Å². The molecule has 0 aliphatic carbocycles. The zero-order valence-corrected chi connectivity index (χ0v) is 10.3. The van der Waals surface area contributed by atoms with Crippen LogP contribution >= 0.6 is 0 Å².